The lowest BCUT2D eigenvalue weighted by Gasteiger charge is -2.48. The molecule has 8 atom stereocenters. The molecule has 0 radical (unpaired) electrons. The number of fused-ring (bicyclic) bond motifs is 7. The molecule has 5 aliphatic heterocycles. The van der Waals surface area contributed by atoms with E-state index in [1.54, 1.807) is 11.1 Å². The first-order valence-electron chi connectivity index (χ1n) is 12.6. The molecule has 5 heterocycles. The average molecular weight is 470 g/mol. The number of hydroxylamine groups is 2. The molecule has 8 heteroatoms. The SMILES string of the molecule is CC1(C)C=CC2C(CCC3C2[NH+]([O-])C2C(C)(C)C=CN4C(=O)C5=CCCN5C(=O)C4CC32O)O1. The summed E-state index contributed by atoms with van der Waals surface area (Å²) in [5, 5.41) is 26.6. The number of hydrogen-bond acceptors (Lipinski definition) is 5. The molecule has 184 valence electrons. The molecule has 0 spiro atoms. The van der Waals surface area contributed by atoms with Crippen molar-refractivity contribution in [2.24, 2.45) is 17.3 Å². The van der Waals surface area contributed by atoms with Gasteiger partial charge in [0.15, 0.2) is 0 Å². The molecule has 0 aromatic carbocycles. The summed E-state index contributed by atoms with van der Waals surface area (Å²) in [4.78, 5) is 29.9. The van der Waals surface area contributed by atoms with Crippen LogP contribution in [0, 0.1) is 22.5 Å². The van der Waals surface area contributed by atoms with Crippen molar-refractivity contribution in [1.29, 1.82) is 0 Å². The van der Waals surface area contributed by atoms with E-state index < -0.39 is 23.1 Å². The van der Waals surface area contributed by atoms with E-state index in [4.69, 9.17) is 4.74 Å². The Labute approximate surface area is 200 Å². The molecule has 1 aliphatic carbocycles. The van der Waals surface area contributed by atoms with E-state index in [2.05, 4.69) is 6.08 Å². The van der Waals surface area contributed by atoms with Gasteiger partial charge in [-0.05, 0) is 33.1 Å². The van der Waals surface area contributed by atoms with Crippen molar-refractivity contribution in [2.45, 2.75) is 88.8 Å². The van der Waals surface area contributed by atoms with E-state index in [0.717, 1.165) is 6.42 Å². The van der Waals surface area contributed by atoms with Gasteiger partial charge in [-0.1, -0.05) is 38.2 Å². The minimum atomic E-state index is -1.37. The second kappa shape index (κ2) is 7.03. The lowest BCUT2D eigenvalue weighted by Crippen LogP contribution is -3.16. The van der Waals surface area contributed by atoms with Gasteiger partial charge in [0.2, 0.25) is 5.91 Å². The van der Waals surface area contributed by atoms with Gasteiger partial charge < -0.3 is 29.9 Å². The summed E-state index contributed by atoms with van der Waals surface area (Å²) < 4.78 is 6.33. The largest absolute Gasteiger partial charge is 0.634 e. The summed E-state index contributed by atoms with van der Waals surface area (Å²) in [7, 11) is 0. The zero-order valence-corrected chi connectivity index (χ0v) is 20.4. The number of quaternary nitrogens is 1. The zero-order chi connectivity index (χ0) is 24.2. The predicted molar refractivity (Wildman–Crippen MR) is 124 cm³/mol. The smallest absolute Gasteiger partial charge is 0.274 e. The summed E-state index contributed by atoms with van der Waals surface area (Å²) in [6, 6.07) is -1.80. The van der Waals surface area contributed by atoms with Crippen LogP contribution in [0.5, 0.6) is 0 Å². The first-order chi connectivity index (χ1) is 15.9. The van der Waals surface area contributed by atoms with Crippen molar-refractivity contribution in [1.82, 2.24) is 9.80 Å². The van der Waals surface area contributed by atoms with Gasteiger partial charge in [0.25, 0.3) is 5.91 Å². The number of ether oxygens (including phenoxy) is 1. The molecule has 8 nitrogen and oxygen atoms in total. The van der Waals surface area contributed by atoms with Crippen LogP contribution in [0.4, 0.5) is 0 Å². The molecule has 2 saturated heterocycles. The zero-order valence-electron chi connectivity index (χ0n) is 20.4. The van der Waals surface area contributed by atoms with E-state index in [9.17, 15) is 19.9 Å². The van der Waals surface area contributed by atoms with Crippen LogP contribution in [0.15, 0.2) is 36.2 Å². The fourth-order valence-electron chi connectivity index (χ4n) is 7.85. The van der Waals surface area contributed by atoms with Crippen LogP contribution in [0.2, 0.25) is 0 Å². The molecule has 3 fully saturated rings. The monoisotopic (exact) mass is 469 g/mol. The second-order valence-electron chi connectivity index (χ2n) is 12.2. The van der Waals surface area contributed by atoms with E-state index in [1.165, 1.54) is 4.90 Å². The number of hydrogen-bond donors (Lipinski definition) is 2. The molecule has 2 amide bonds. The van der Waals surface area contributed by atoms with Gasteiger partial charge in [0.05, 0.1) is 17.6 Å². The van der Waals surface area contributed by atoms with Crippen LogP contribution in [0.25, 0.3) is 0 Å². The maximum Gasteiger partial charge on any atom is 0.274 e. The molecule has 6 aliphatic rings. The Hall–Kier alpha value is -2.00. The van der Waals surface area contributed by atoms with Crippen LogP contribution in [-0.2, 0) is 14.3 Å². The maximum atomic E-state index is 14.1. The highest BCUT2D eigenvalue weighted by Gasteiger charge is 2.69. The molecule has 0 bridgehead atoms. The predicted octanol–water partition coefficient (Wildman–Crippen LogP) is 0.881. The van der Waals surface area contributed by atoms with Crippen LogP contribution in [0.1, 0.15) is 53.4 Å². The molecule has 0 aromatic heterocycles. The van der Waals surface area contributed by atoms with Crippen LogP contribution in [0.3, 0.4) is 0 Å². The number of amides is 2. The van der Waals surface area contributed by atoms with Crippen molar-refractivity contribution < 1.29 is 24.5 Å². The van der Waals surface area contributed by atoms with E-state index in [1.807, 2.05) is 45.9 Å². The standard InChI is InChI=1S/C26H35N3O5/c1-24(2)11-13-28-18(22(31)27-12-5-6-17(27)21(28)30)14-26(32)16-7-8-19-15(9-10-25(3,4)34-19)20(16)29(33)23(24)26/h6,9-11,13,15-16,18-20,23,29,32H,5,7-8,12,14H2,1-4H3. The third kappa shape index (κ3) is 2.92. The highest BCUT2D eigenvalue weighted by atomic mass is 16.5. The average Bonchev–Trinajstić information content (AvgIpc) is 3.32. The molecule has 0 aromatic rings. The van der Waals surface area contributed by atoms with Crippen LogP contribution >= 0.6 is 0 Å². The van der Waals surface area contributed by atoms with Crippen molar-refractivity contribution >= 4 is 11.8 Å². The van der Waals surface area contributed by atoms with E-state index in [-0.39, 0.29) is 52.9 Å². The van der Waals surface area contributed by atoms with Gasteiger partial charge in [-0.2, -0.15) is 0 Å². The van der Waals surface area contributed by atoms with Crippen LogP contribution in [-0.4, -0.2) is 68.7 Å². The molecular weight excluding hydrogens is 434 g/mol. The Kier molecular flexibility index (Phi) is 4.64. The highest BCUT2D eigenvalue weighted by molar-refractivity contribution is 6.05. The summed E-state index contributed by atoms with van der Waals surface area (Å²) in [6.45, 7) is 8.46. The Balaban J connectivity index is 1.44. The quantitative estimate of drug-likeness (QED) is 0.406. The first-order valence-corrected chi connectivity index (χ1v) is 12.6. The maximum absolute atomic E-state index is 14.1. The van der Waals surface area contributed by atoms with Gasteiger partial charge >= 0.3 is 0 Å². The number of nitrogens with one attached hydrogen (secondary N) is 1. The molecule has 2 N–H and O–H groups in total. The minimum Gasteiger partial charge on any atom is -0.634 e. The summed E-state index contributed by atoms with van der Waals surface area (Å²) in [6.07, 6.45) is 11.6. The second-order valence-corrected chi connectivity index (χ2v) is 12.2. The topological polar surface area (TPSA) is 97.6 Å². The van der Waals surface area contributed by atoms with Gasteiger partial charge in [-0.3, -0.25) is 9.59 Å². The summed E-state index contributed by atoms with van der Waals surface area (Å²) in [5.74, 6) is -0.713. The lowest BCUT2D eigenvalue weighted by atomic mass is 9.63. The summed E-state index contributed by atoms with van der Waals surface area (Å²) >= 11 is 0. The van der Waals surface area contributed by atoms with Crippen LogP contribution < -0.4 is 5.06 Å². The first kappa shape index (κ1) is 22.5. The fraction of sp³-hybridized carbons (Fsp3) is 0.692. The fourth-order valence-corrected chi connectivity index (χ4v) is 7.85. The van der Waals surface area contributed by atoms with Crippen molar-refractivity contribution in [3.63, 3.8) is 0 Å². The molecule has 1 saturated carbocycles. The Morgan fingerprint density at radius 1 is 1.18 bits per heavy atom. The molecule has 8 unspecified atom stereocenters. The van der Waals surface area contributed by atoms with E-state index >= 15 is 0 Å². The Morgan fingerprint density at radius 3 is 2.71 bits per heavy atom. The van der Waals surface area contributed by atoms with Crippen molar-refractivity contribution in [3.8, 4) is 0 Å². The molecule has 6 rings (SSSR count). The summed E-state index contributed by atoms with van der Waals surface area (Å²) in [5.41, 5.74) is -1.98. The minimum absolute atomic E-state index is 0.0522. The number of carbonyl (C=O) groups excluding carboxylic acids is 2. The normalized spacial score (nSPS) is 46.1. The third-order valence-electron chi connectivity index (χ3n) is 9.22. The molecule has 34 heavy (non-hydrogen) atoms. The van der Waals surface area contributed by atoms with Gasteiger partial charge in [0.1, 0.15) is 29.4 Å². The number of nitrogens with zero attached hydrogens (tertiary/aromatic N) is 2. The van der Waals surface area contributed by atoms with Gasteiger partial charge in [-0.15, -0.1) is 0 Å². The molecular formula is C26H35N3O5. The number of piperazine rings is 1. The van der Waals surface area contributed by atoms with Crippen molar-refractivity contribution in [2.75, 3.05) is 6.54 Å². The van der Waals surface area contributed by atoms with E-state index in [0.29, 0.717) is 25.1 Å². The number of carbonyl (C=O) groups is 2. The third-order valence-corrected chi connectivity index (χ3v) is 9.22. The number of aliphatic hydroxyl groups is 1. The van der Waals surface area contributed by atoms with Gasteiger partial charge in [0, 0.05) is 30.5 Å². The highest BCUT2D eigenvalue weighted by Crippen LogP contribution is 2.51. The Bertz CT molecular complexity index is 1030. The van der Waals surface area contributed by atoms with Crippen molar-refractivity contribution in [3.05, 3.63) is 41.4 Å². The lowest BCUT2D eigenvalue weighted by molar-refractivity contribution is -0.903. The van der Waals surface area contributed by atoms with Gasteiger partial charge in [-0.25, -0.2) is 0 Å². The Morgan fingerprint density at radius 2 is 1.94 bits per heavy atom. The number of rotatable bonds is 0.